The van der Waals surface area contributed by atoms with Gasteiger partial charge >= 0.3 is 0 Å². The summed E-state index contributed by atoms with van der Waals surface area (Å²) in [7, 11) is -3.55. The second kappa shape index (κ2) is 8.22. The highest BCUT2D eigenvalue weighted by molar-refractivity contribution is 7.91. The van der Waals surface area contributed by atoms with Crippen LogP contribution in [0.2, 0.25) is 0 Å². The molecule has 1 aromatic carbocycles. The topological polar surface area (TPSA) is 107 Å². The van der Waals surface area contributed by atoms with Gasteiger partial charge in [-0.1, -0.05) is 6.07 Å². The zero-order chi connectivity index (χ0) is 22.2. The number of carbonyl (C=O) groups excluding carboxylic acids is 1. The molecule has 0 unspecified atom stereocenters. The molecule has 3 aromatic rings. The predicted octanol–water partition coefficient (Wildman–Crippen LogP) is 2.88. The van der Waals surface area contributed by atoms with E-state index in [1.165, 1.54) is 10.2 Å². The summed E-state index contributed by atoms with van der Waals surface area (Å²) in [6.07, 6.45) is 2.80. The lowest BCUT2D eigenvalue weighted by Gasteiger charge is -2.10. The van der Waals surface area contributed by atoms with E-state index in [-0.39, 0.29) is 17.1 Å². The van der Waals surface area contributed by atoms with E-state index in [0.717, 1.165) is 36.2 Å². The summed E-state index contributed by atoms with van der Waals surface area (Å²) >= 11 is 0. The molecule has 162 valence electrons. The van der Waals surface area contributed by atoms with Crippen molar-refractivity contribution >= 4 is 21.6 Å². The summed E-state index contributed by atoms with van der Waals surface area (Å²) in [6, 6.07) is 8.84. The lowest BCUT2D eigenvalue weighted by Crippen LogP contribution is -2.20. The van der Waals surface area contributed by atoms with Gasteiger partial charge in [0.25, 0.3) is 5.95 Å². The quantitative estimate of drug-likeness (QED) is 0.633. The van der Waals surface area contributed by atoms with Crippen LogP contribution in [0, 0.1) is 20.8 Å². The third kappa shape index (κ3) is 4.66. The zero-order valence-electron chi connectivity index (χ0n) is 17.8. The van der Waals surface area contributed by atoms with Crippen molar-refractivity contribution in [2.24, 2.45) is 0 Å². The summed E-state index contributed by atoms with van der Waals surface area (Å²) in [5.41, 5.74) is 4.57. The van der Waals surface area contributed by atoms with E-state index in [1.54, 1.807) is 25.1 Å². The lowest BCUT2D eigenvalue weighted by molar-refractivity contribution is -0.115. The van der Waals surface area contributed by atoms with Crippen LogP contribution < -0.4 is 5.32 Å². The molecule has 4 rings (SSSR count). The lowest BCUT2D eigenvalue weighted by atomic mass is 10.1. The van der Waals surface area contributed by atoms with Crippen molar-refractivity contribution in [1.82, 2.24) is 19.7 Å². The molecule has 1 N–H and O–H groups in total. The molecule has 9 heteroatoms. The smallest absolute Gasteiger partial charge is 0.252 e. The van der Waals surface area contributed by atoms with Gasteiger partial charge < -0.3 is 5.32 Å². The Labute approximate surface area is 181 Å². The molecule has 31 heavy (non-hydrogen) atoms. The minimum absolute atomic E-state index is 0.155. The maximum absolute atomic E-state index is 12.7. The largest absolute Gasteiger partial charge is 0.310 e. The molecule has 0 saturated carbocycles. The monoisotopic (exact) mass is 439 g/mol. The Kier molecular flexibility index (Phi) is 5.62. The molecular formula is C22H25N5O3S. The average Bonchev–Trinajstić information content (AvgIpc) is 3.31. The molecule has 0 bridgehead atoms. The van der Waals surface area contributed by atoms with Gasteiger partial charge in [0, 0.05) is 23.9 Å². The fraction of sp³-hybridized carbons (Fsp3) is 0.364. The molecule has 0 atom stereocenters. The van der Waals surface area contributed by atoms with Crippen molar-refractivity contribution in [2.45, 2.75) is 51.3 Å². The number of hydrogen-bond donors (Lipinski definition) is 1. The van der Waals surface area contributed by atoms with E-state index in [2.05, 4.69) is 20.4 Å². The van der Waals surface area contributed by atoms with Crippen LogP contribution in [0.5, 0.6) is 0 Å². The van der Waals surface area contributed by atoms with Crippen molar-refractivity contribution < 1.29 is 13.2 Å². The first-order valence-electron chi connectivity index (χ1n) is 10.2. The molecule has 1 amide bonds. The highest BCUT2D eigenvalue weighted by atomic mass is 32.2. The van der Waals surface area contributed by atoms with Gasteiger partial charge in [-0.15, -0.1) is 0 Å². The van der Waals surface area contributed by atoms with E-state index >= 15 is 0 Å². The first kappa shape index (κ1) is 21.2. The van der Waals surface area contributed by atoms with Gasteiger partial charge in [-0.3, -0.25) is 4.79 Å². The number of fused-ring (bicyclic) bond motifs is 1. The van der Waals surface area contributed by atoms with E-state index in [9.17, 15) is 13.2 Å². The number of amides is 1. The normalized spacial score (nSPS) is 13.3. The Bertz CT molecular complexity index is 1240. The minimum Gasteiger partial charge on any atom is -0.310 e. The van der Waals surface area contributed by atoms with E-state index in [0.29, 0.717) is 17.5 Å². The van der Waals surface area contributed by atoms with Gasteiger partial charge in [-0.25, -0.2) is 18.4 Å². The number of benzene rings is 1. The highest BCUT2D eigenvalue weighted by Crippen LogP contribution is 2.25. The fourth-order valence-corrected chi connectivity index (χ4v) is 5.12. The molecule has 0 saturated heterocycles. The van der Waals surface area contributed by atoms with Gasteiger partial charge in [-0.05, 0) is 69.4 Å². The summed E-state index contributed by atoms with van der Waals surface area (Å²) in [5, 5.41) is 7.12. The molecule has 0 spiro atoms. The number of carbonyl (C=O) groups is 1. The molecule has 2 aromatic heterocycles. The Morgan fingerprint density at radius 3 is 2.45 bits per heavy atom. The van der Waals surface area contributed by atoms with Crippen LogP contribution in [-0.4, -0.2) is 39.8 Å². The van der Waals surface area contributed by atoms with Crippen molar-refractivity contribution in [3.63, 3.8) is 0 Å². The fourth-order valence-electron chi connectivity index (χ4n) is 3.83. The third-order valence-electron chi connectivity index (χ3n) is 5.29. The SMILES string of the molecule is Cc1cc(C)nc(-n2nc(C)cc2NC(=O)CCS(=O)(=O)c2ccc3c(c2)CCC3)n1. The van der Waals surface area contributed by atoms with Crippen molar-refractivity contribution in [2.75, 3.05) is 11.1 Å². The third-order valence-corrected chi connectivity index (χ3v) is 7.00. The predicted molar refractivity (Wildman–Crippen MR) is 117 cm³/mol. The summed E-state index contributed by atoms with van der Waals surface area (Å²) < 4.78 is 26.9. The molecule has 1 aliphatic rings. The number of hydrogen-bond acceptors (Lipinski definition) is 6. The van der Waals surface area contributed by atoms with Crippen LogP contribution in [0.1, 0.15) is 41.1 Å². The Morgan fingerprint density at radius 2 is 1.71 bits per heavy atom. The van der Waals surface area contributed by atoms with E-state index in [4.69, 9.17) is 0 Å². The second-order valence-corrected chi connectivity index (χ2v) is 10.0. The van der Waals surface area contributed by atoms with E-state index < -0.39 is 15.7 Å². The second-order valence-electron chi connectivity index (χ2n) is 7.93. The highest BCUT2D eigenvalue weighted by Gasteiger charge is 2.21. The van der Waals surface area contributed by atoms with Crippen molar-refractivity contribution in [3.8, 4) is 5.95 Å². The molecule has 0 aliphatic heterocycles. The summed E-state index contributed by atoms with van der Waals surface area (Å²) in [5.74, 6) is 0.0921. The standard InChI is InChI=1S/C22H25N5O3S/c1-14-11-15(2)24-22(23-14)27-20(12-16(3)26-27)25-21(28)9-10-31(29,30)19-8-7-17-5-4-6-18(17)13-19/h7-8,11-13H,4-6,9-10H2,1-3H3,(H,25,28). The number of aromatic nitrogens is 4. The minimum atomic E-state index is -3.55. The molecule has 0 fully saturated rings. The van der Waals surface area contributed by atoms with Gasteiger partial charge in [0.05, 0.1) is 16.3 Å². The Hall–Kier alpha value is -3.07. The summed E-state index contributed by atoms with van der Waals surface area (Å²) in [4.78, 5) is 21.6. The van der Waals surface area contributed by atoms with Crippen LogP contribution in [0.15, 0.2) is 35.2 Å². The first-order valence-corrected chi connectivity index (χ1v) is 11.9. The Balaban J connectivity index is 1.47. The van der Waals surface area contributed by atoms with Crippen LogP contribution in [0.4, 0.5) is 5.82 Å². The van der Waals surface area contributed by atoms with Crippen LogP contribution in [0.25, 0.3) is 5.95 Å². The van der Waals surface area contributed by atoms with Crippen LogP contribution >= 0.6 is 0 Å². The van der Waals surface area contributed by atoms with Crippen molar-refractivity contribution in [1.29, 1.82) is 0 Å². The number of rotatable bonds is 6. The average molecular weight is 440 g/mol. The molecule has 0 radical (unpaired) electrons. The van der Waals surface area contributed by atoms with Gasteiger partial charge in [0.15, 0.2) is 9.84 Å². The summed E-state index contributed by atoms with van der Waals surface area (Å²) in [6.45, 7) is 5.51. The van der Waals surface area contributed by atoms with Crippen LogP contribution in [0.3, 0.4) is 0 Å². The number of nitrogens with zero attached hydrogens (tertiary/aromatic N) is 4. The number of sulfone groups is 1. The zero-order valence-corrected chi connectivity index (χ0v) is 18.7. The molecule has 1 aliphatic carbocycles. The Morgan fingerprint density at radius 1 is 1.00 bits per heavy atom. The van der Waals surface area contributed by atoms with Gasteiger partial charge in [-0.2, -0.15) is 9.78 Å². The van der Waals surface area contributed by atoms with Crippen molar-refractivity contribution in [3.05, 3.63) is 58.5 Å². The molecule has 2 heterocycles. The maximum atomic E-state index is 12.7. The number of anilines is 1. The number of nitrogens with one attached hydrogen (secondary N) is 1. The maximum Gasteiger partial charge on any atom is 0.252 e. The van der Waals surface area contributed by atoms with Gasteiger partial charge in [0.1, 0.15) is 5.82 Å². The first-order chi connectivity index (χ1) is 14.7. The van der Waals surface area contributed by atoms with Crippen LogP contribution in [-0.2, 0) is 27.5 Å². The molecule has 8 nitrogen and oxygen atoms in total. The van der Waals surface area contributed by atoms with E-state index in [1.807, 2.05) is 26.0 Å². The van der Waals surface area contributed by atoms with Gasteiger partial charge in [0.2, 0.25) is 5.91 Å². The number of aryl methyl sites for hydroxylation is 5. The molecular weight excluding hydrogens is 414 g/mol.